The Hall–Kier alpha value is -11.2. The van der Waals surface area contributed by atoms with Crippen molar-refractivity contribution in [1.29, 1.82) is 0 Å². The standard InChI is InChI=1S/C91H136N12O22Si2/c1-25-44-120-86(114)98-74(56(5)6)78(106)100-90(17,27-3)82(110)92-58(9)76(104)94-62-38-34-60(35-39-62)52-122-84(112)96-68-50-72(70(116-19)48-66(68)80(108)102-42-29-32-64(102)54-124-126(21,22)88(11,12)13)118-46-31-47-119-73-51-69(67(49-71(73)117-20)81(109)103-43-30-33-65(103)55-125-127(23,24)89(14,15)16)97-85(113)123-53-61-36-40-63(41-37-61)95-77(105)59(10)93-83(111)91(18,28-4)101-79(107)75(57(7)8)99-87(115)121-45-26-2/h25-26,34-41,48-51,56-59,64-65,74-75H,1-2,27-33,42-47,52-55H2,3-24H3,(H,92,110)(H,93,111)(H,94,104)(H,95,105)(H,96,112)(H,97,113)(H,98,114)(H,99,115)(H,100,106)(H,101,107)/t58-,59-,64-,65-,74-,75-,90?,91?/m0/s1. The van der Waals surface area contributed by atoms with Crippen molar-refractivity contribution in [2.75, 3.05) is 88.2 Å². The van der Waals surface area contributed by atoms with Crippen LogP contribution in [0.4, 0.5) is 41.9 Å². The first kappa shape index (κ1) is 105. The molecule has 4 aromatic rings. The van der Waals surface area contributed by atoms with Crippen LogP contribution < -0.4 is 72.1 Å². The maximum Gasteiger partial charge on any atom is 0.411 e. The summed E-state index contributed by atoms with van der Waals surface area (Å²) in [4.78, 5) is 168. The second kappa shape index (κ2) is 47.0. The summed E-state index contributed by atoms with van der Waals surface area (Å²) < 4.78 is 59.3. The number of nitrogens with one attached hydrogen (secondary N) is 10. The second-order valence-electron chi connectivity index (χ2n) is 35.9. The van der Waals surface area contributed by atoms with Crippen molar-refractivity contribution < 1.29 is 104 Å². The van der Waals surface area contributed by atoms with Crippen LogP contribution in [0.5, 0.6) is 23.0 Å². The summed E-state index contributed by atoms with van der Waals surface area (Å²) in [5.41, 5.74) is -0.945. The molecule has 0 aromatic heterocycles. The maximum atomic E-state index is 15.0. The van der Waals surface area contributed by atoms with Gasteiger partial charge in [-0.3, -0.25) is 49.0 Å². The Bertz CT molecular complexity index is 4240. The smallest absolute Gasteiger partial charge is 0.411 e. The number of hydrogen-bond acceptors (Lipinski definition) is 22. The highest BCUT2D eigenvalue weighted by atomic mass is 28.4. The first-order valence-corrected chi connectivity index (χ1v) is 49.0. The van der Waals surface area contributed by atoms with E-state index >= 15 is 0 Å². The van der Waals surface area contributed by atoms with Crippen molar-refractivity contribution >= 4 is 111 Å². The first-order chi connectivity index (χ1) is 59.6. The van der Waals surface area contributed by atoms with E-state index in [1.807, 2.05) is 0 Å². The van der Waals surface area contributed by atoms with Crippen molar-refractivity contribution in [3.8, 4) is 23.0 Å². The molecular formula is C91H136N12O22Si2. The van der Waals surface area contributed by atoms with Gasteiger partial charge in [0.05, 0.1) is 75.2 Å². The van der Waals surface area contributed by atoms with Gasteiger partial charge in [-0.05, 0) is 162 Å². The molecule has 34 nitrogen and oxygen atoms in total. The van der Waals surface area contributed by atoms with E-state index in [0.29, 0.717) is 74.5 Å². The largest absolute Gasteiger partial charge is 0.493 e. The van der Waals surface area contributed by atoms with E-state index in [-0.39, 0.29) is 138 Å². The van der Waals surface area contributed by atoms with Gasteiger partial charge in [-0.25, -0.2) is 19.2 Å². The van der Waals surface area contributed by atoms with Gasteiger partial charge in [0.1, 0.15) is 61.7 Å². The number of likely N-dealkylation sites (tertiary alicyclic amines) is 2. The molecule has 36 heteroatoms. The van der Waals surface area contributed by atoms with Gasteiger partial charge in [0.2, 0.25) is 35.4 Å². The Morgan fingerprint density at radius 2 is 0.811 bits per heavy atom. The quantitative estimate of drug-likeness (QED) is 0.00851. The van der Waals surface area contributed by atoms with Crippen LogP contribution in [0.15, 0.2) is 98.1 Å². The number of rotatable bonds is 44. The normalized spacial score (nSPS) is 15.9. The van der Waals surface area contributed by atoms with Crippen molar-refractivity contribution in [1.82, 2.24) is 41.7 Å². The molecule has 0 saturated carbocycles. The van der Waals surface area contributed by atoms with Crippen LogP contribution in [0.2, 0.25) is 36.3 Å². The van der Waals surface area contributed by atoms with Gasteiger partial charge >= 0.3 is 24.4 Å². The molecule has 4 aromatic carbocycles. The number of anilines is 4. The summed E-state index contributed by atoms with van der Waals surface area (Å²) in [6.45, 7) is 45.6. The van der Waals surface area contributed by atoms with Gasteiger partial charge in [0, 0.05) is 43.0 Å². The molecule has 0 aliphatic carbocycles. The van der Waals surface area contributed by atoms with Crippen LogP contribution in [0.1, 0.15) is 188 Å². The lowest BCUT2D eigenvalue weighted by Gasteiger charge is -2.38. The highest BCUT2D eigenvalue weighted by Gasteiger charge is 2.44. The van der Waals surface area contributed by atoms with Gasteiger partial charge < -0.3 is 99.1 Å². The Morgan fingerprint density at radius 3 is 1.12 bits per heavy atom. The van der Waals surface area contributed by atoms with E-state index in [9.17, 15) is 57.5 Å². The predicted octanol–water partition coefficient (Wildman–Crippen LogP) is 13.6. The zero-order valence-electron chi connectivity index (χ0n) is 78.0. The molecule has 10 N–H and O–H groups in total. The number of carbonyl (C=O) groups is 12. The van der Waals surface area contributed by atoms with Crippen LogP contribution in [0.3, 0.4) is 0 Å². The van der Waals surface area contributed by atoms with Crippen LogP contribution in [0, 0.1) is 11.8 Å². The number of nitrogens with zero attached hydrogens (tertiary/aromatic N) is 2. The monoisotopic (exact) mass is 1800 g/mol. The number of methoxy groups -OCH3 is 2. The summed E-state index contributed by atoms with van der Waals surface area (Å²) in [7, 11) is -1.64. The van der Waals surface area contributed by atoms with Gasteiger partial charge in [0.25, 0.3) is 11.8 Å². The molecule has 2 aliphatic rings. The SMILES string of the molecule is C=CCOC(=O)N[C@H](C(=O)NC(C)(CC)C(=O)N[C@@H](C)C(=O)Nc1ccc(COC(=O)Nc2cc(OCCCOc3cc(NC(=O)OCc4ccc(NC(=O)[C@H](C)NC(=O)C(C)(CC)NC(=O)[C@@H](NC(=O)OCC=C)C(C)C)cc4)c(C(=O)N4CCC[C@H]4CO[Si](C)(C)C(C)(C)C)cc3OC)c(OC)cc2C(=O)N2CCC[C@H]2CO[Si](C)(C)C(C)(C)C)cc1)C(C)C. The van der Waals surface area contributed by atoms with E-state index in [0.717, 1.165) is 0 Å². The zero-order valence-corrected chi connectivity index (χ0v) is 80.0. The average Bonchev–Trinajstić information content (AvgIpc) is 1.70. The number of alkyl carbamates (subject to hydrolysis) is 2. The molecule has 2 heterocycles. The van der Waals surface area contributed by atoms with Gasteiger partial charge in [-0.2, -0.15) is 0 Å². The third kappa shape index (κ3) is 29.9. The molecule has 2 unspecified atom stereocenters. The van der Waals surface area contributed by atoms with Crippen molar-refractivity contribution in [2.24, 2.45) is 11.8 Å². The number of benzene rings is 4. The van der Waals surface area contributed by atoms with Gasteiger partial charge in [-0.1, -0.05) is 133 Å². The molecule has 12 amide bonds. The molecule has 0 bridgehead atoms. The molecular weight excluding hydrogens is 1670 g/mol. The summed E-state index contributed by atoms with van der Waals surface area (Å²) in [5.74, 6) is -4.60. The summed E-state index contributed by atoms with van der Waals surface area (Å²) >= 11 is 0. The average molecular weight is 1810 g/mol. The van der Waals surface area contributed by atoms with Gasteiger partial charge in [-0.15, -0.1) is 0 Å². The van der Waals surface area contributed by atoms with Crippen molar-refractivity contribution in [3.63, 3.8) is 0 Å². The first-order valence-electron chi connectivity index (χ1n) is 43.2. The molecule has 0 radical (unpaired) electrons. The number of carbonyl (C=O) groups excluding carboxylic acids is 12. The molecule has 2 aliphatic heterocycles. The molecule has 0 spiro atoms. The van der Waals surface area contributed by atoms with E-state index < -0.39 is 124 Å². The fraction of sp³-hybridized carbons (Fsp3) is 0.560. The van der Waals surface area contributed by atoms with Crippen LogP contribution in [-0.4, -0.2) is 212 Å². The third-order valence-electron chi connectivity index (χ3n) is 23.5. The number of amides is 12. The van der Waals surface area contributed by atoms with E-state index in [1.54, 1.807) is 99.9 Å². The van der Waals surface area contributed by atoms with Crippen LogP contribution in [0.25, 0.3) is 0 Å². The number of hydrogen-bond donors (Lipinski definition) is 10. The highest BCUT2D eigenvalue weighted by molar-refractivity contribution is 6.74. The topological polar surface area (TPSA) is 424 Å². The van der Waals surface area contributed by atoms with Crippen molar-refractivity contribution in [3.05, 3.63) is 120 Å². The zero-order chi connectivity index (χ0) is 94.7. The minimum atomic E-state index is -2.24. The Balaban J connectivity index is 1.17. The summed E-state index contributed by atoms with van der Waals surface area (Å²) in [6, 6.07) is 14.0. The highest BCUT2D eigenvalue weighted by Crippen LogP contribution is 2.42. The lowest BCUT2D eigenvalue weighted by molar-refractivity contribution is -0.135. The molecule has 700 valence electrons. The Labute approximate surface area is 749 Å². The fourth-order valence-electron chi connectivity index (χ4n) is 12.8. The lowest BCUT2D eigenvalue weighted by Crippen LogP contribution is -2.62. The molecule has 6 rings (SSSR count). The summed E-state index contributed by atoms with van der Waals surface area (Å²) in [5, 5.41) is 26.8. The summed E-state index contributed by atoms with van der Waals surface area (Å²) in [6.07, 6.45) is 2.54. The van der Waals surface area contributed by atoms with E-state index in [2.05, 4.69) is 134 Å². The molecule has 127 heavy (non-hydrogen) atoms. The van der Waals surface area contributed by atoms with E-state index in [1.165, 1.54) is 78.3 Å². The van der Waals surface area contributed by atoms with Crippen LogP contribution >= 0.6 is 0 Å². The number of ether oxygens (including phenoxy) is 8. The molecule has 8 atom stereocenters. The Morgan fingerprint density at radius 1 is 0.465 bits per heavy atom. The minimum absolute atomic E-state index is 0.0160. The minimum Gasteiger partial charge on any atom is -0.493 e. The Kier molecular flexibility index (Phi) is 38.7. The fourth-order valence-corrected chi connectivity index (χ4v) is 14.9. The third-order valence-corrected chi connectivity index (χ3v) is 32.5. The second-order valence-corrected chi connectivity index (χ2v) is 45.5. The van der Waals surface area contributed by atoms with Gasteiger partial charge in [0.15, 0.2) is 39.6 Å². The van der Waals surface area contributed by atoms with E-state index in [4.69, 9.17) is 46.7 Å². The maximum absolute atomic E-state index is 15.0. The molecule has 2 fully saturated rings. The van der Waals surface area contributed by atoms with Crippen molar-refractivity contribution in [2.45, 2.75) is 253 Å². The molecule has 2 saturated heterocycles. The predicted molar refractivity (Wildman–Crippen MR) is 489 cm³/mol. The lowest BCUT2D eigenvalue weighted by atomic mass is 9.95. The van der Waals surface area contributed by atoms with Crippen LogP contribution in [-0.2, 0) is 69.8 Å².